The van der Waals surface area contributed by atoms with E-state index in [1.807, 2.05) is 19.1 Å². The molecule has 0 radical (unpaired) electrons. The van der Waals surface area contributed by atoms with Crippen LogP contribution in [0.25, 0.3) is 0 Å². The topological polar surface area (TPSA) is 49.8 Å². The molecule has 0 atom stereocenters. The van der Waals surface area contributed by atoms with Gasteiger partial charge in [0.15, 0.2) is 0 Å². The van der Waals surface area contributed by atoms with Gasteiger partial charge in [-0.2, -0.15) is 0 Å². The zero-order valence-corrected chi connectivity index (χ0v) is 10.6. The van der Waals surface area contributed by atoms with E-state index >= 15 is 0 Å². The normalized spacial score (nSPS) is 10.1. The molecular weight excluding hydrogens is 218 g/mol. The van der Waals surface area contributed by atoms with Gasteiger partial charge in [0.05, 0.1) is 7.11 Å². The van der Waals surface area contributed by atoms with Crippen molar-refractivity contribution in [2.75, 3.05) is 27.3 Å². The highest BCUT2D eigenvalue weighted by atomic mass is 16.5. The molecule has 0 fully saturated rings. The number of aliphatic hydroxyl groups is 1. The van der Waals surface area contributed by atoms with Crippen molar-refractivity contribution in [3.05, 3.63) is 29.3 Å². The summed E-state index contributed by atoms with van der Waals surface area (Å²) in [5.74, 6) is 0.567. The highest BCUT2D eigenvalue weighted by molar-refractivity contribution is 5.76. The number of methoxy groups -OCH3 is 1. The number of benzene rings is 1. The van der Waals surface area contributed by atoms with Crippen molar-refractivity contribution in [2.45, 2.75) is 13.3 Å². The van der Waals surface area contributed by atoms with E-state index in [0.29, 0.717) is 13.0 Å². The van der Waals surface area contributed by atoms with Crippen molar-refractivity contribution in [3.8, 4) is 5.75 Å². The Kier molecular flexibility index (Phi) is 4.97. The summed E-state index contributed by atoms with van der Waals surface area (Å²) >= 11 is 0. The molecule has 0 saturated heterocycles. The summed E-state index contributed by atoms with van der Waals surface area (Å²) in [6.45, 7) is 2.15. The van der Waals surface area contributed by atoms with Gasteiger partial charge in [0.2, 0.25) is 5.91 Å². The molecule has 0 heterocycles. The first kappa shape index (κ1) is 13.5. The highest BCUT2D eigenvalue weighted by Crippen LogP contribution is 2.20. The van der Waals surface area contributed by atoms with Gasteiger partial charge in [0.1, 0.15) is 12.4 Å². The summed E-state index contributed by atoms with van der Waals surface area (Å²) in [7, 11) is 3.32. The molecule has 1 aromatic rings. The Morgan fingerprint density at radius 1 is 1.47 bits per heavy atom. The van der Waals surface area contributed by atoms with Gasteiger partial charge in [0, 0.05) is 13.6 Å². The molecule has 0 bridgehead atoms. The number of ether oxygens (including phenoxy) is 1. The number of likely N-dealkylation sites (N-methyl/N-ethyl adjacent to an activating group) is 1. The summed E-state index contributed by atoms with van der Waals surface area (Å²) in [5, 5.41) is 8.73. The summed E-state index contributed by atoms with van der Waals surface area (Å²) in [5.41, 5.74) is 2.24. The third-order valence-corrected chi connectivity index (χ3v) is 2.71. The maximum absolute atomic E-state index is 11.2. The van der Waals surface area contributed by atoms with E-state index in [1.165, 1.54) is 4.90 Å². The molecule has 94 valence electrons. The van der Waals surface area contributed by atoms with Crippen LogP contribution in [0.3, 0.4) is 0 Å². The Balaban J connectivity index is 2.68. The molecule has 0 aliphatic heterocycles. The third kappa shape index (κ3) is 3.75. The number of hydrogen-bond donors (Lipinski definition) is 1. The lowest BCUT2D eigenvalue weighted by molar-refractivity contribution is -0.132. The number of nitrogens with zero attached hydrogens (tertiary/aromatic N) is 1. The van der Waals surface area contributed by atoms with E-state index in [1.54, 1.807) is 14.2 Å². The monoisotopic (exact) mass is 237 g/mol. The zero-order valence-electron chi connectivity index (χ0n) is 10.6. The quantitative estimate of drug-likeness (QED) is 0.831. The molecule has 1 N–H and O–H groups in total. The fraction of sp³-hybridized carbons (Fsp3) is 0.462. The van der Waals surface area contributed by atoms with Crippen molar-refractivity contribution in [1.29, 1.82) is 0 Å². The Morgan fingerprint density at radius 2 is 2.18 bits per heavy atom. The minimum atomic E-state index is -0.443. The molecule has 0 saturated carbocycles. The second kappa shape index (κ2) is 6.25. The van der Waals surface area contributed by atoms with Gasteiger partial charge in [-0.1, -0.05) is 17.7 Å². The second-order valence-electron chi connectivity index (χ2n) is 4.04. The fourth-order valence-corrected chi connectivity index (χ4v) is 1.64. The molecule has 1 amide bonds. The largest absolute Gasteiger partial charge is 0.496 e. The van der Waals surface area contributed by atoms with Gasteiger partial charge in [-0.25, -0.2) is 0 Å². The third-order valence-electron chi connectivity index (χ3n) is 2.71. The maximum Gasteiger partial charge on any atom is 0.248 e. The number of aliphatic hydroxyl groups excluding tert-OH is 1. The first-order valence-electron chi connectivity index (χ1n) is 5.56. The van der Waals surface area contributed by atoms with Crippen molar-refractivity contribution < 1.29 is 14.6 Å². The Bertz CT molecular complexity index is 390. The molecule has 0 aliphatic carbocycles. The number of carbonyl (C=O) groups excluding carboxylic acids is 1. The average molecular weight is 237 g/mol. The lowest BCUT2D eigenvalue weighted by atomic mass is 10.1. The minimum absolute atomic E-state index is 0.267. The number of aryl methyl sites for hydroxylation is 1. The summed E-state index contributed by atoms with van der Waals surface area (Å²) in [6.07, 6.45) is 0.715. The molecule has 0 spiro atoms. The molecule has 1 rings (SSSR count). The maximum atomic E-state index is 11.2. The van der Waals surface area contributed by atoms with Crippen LogP contribution in [-0.4, -0.2) is 43.2 Å². The Morgan fingerprint density at radius 3 is 2.76 bits per heavy atom. The van der Waals surface area contributed by atoms with Crippen LogP contribution in [0.1, 0.15) is 11.1 Å². The van der Waals surface area contributed by atoms with E-state index in [0.717, 1.165) is 16.9 Å². The smallest absolute Gasteiger partial charge is 0.248 e. The van der Waals surface area contributed by atoms with E-state index in [2.05, 4.69) is 6.07 Å². The number of rotatable bonds is 5. The van der Waals surface area contributed by atoms with Crippen LogP contribution in [0.15, 0.2) is 18.2 Å². The summed E-state index contributed by atoms with van der Waals surface area (Å²) in [6, 6.07) is 5.97. The van der Waals surface area contributed by atoms with E-state index < -0.39 is 6.61 Å². The van der Waals surface area contributed by atoms with Gasteiger partial charge in [0.25, 0.3) is 0 Å². The van der Waals surface area contributed by atoms with Crippen molar-refractivity contribution in [1.82, 2.24) is 4.90 Å². The van der Waals surface area contributed by atoms with Gasteiger partial charge >= 0.3 is 0 Å². The van der Waals surface area contributed by atoms with Crippen molar-refractivity contribution >= 4 is 5.91 Å². The van der Waals surface area contributed by atoms with Gasteiger partial charge in [-0.05, 0) is 25.0 Å². The Hall–Kier alpha value is -1.55. The van der Waals surface area contributed by atoms with Crippen molar-refractivity contribution in [2.24, 2.45) is 0 Å². The standard InChI is InChI=1S/C13H19NO3/c1-10-4-5-12(17-3)11(8-10)6-7-14(2)13(16)9-15/h4-5,8,15H,6-7,9H2,1-3H3. The molecule has 17 heavy (non-hydrogen) atoms. The second-order valence-corrected chi connectivity index (χ2v) is 4.04. The van der Waals surface area contributed by atoms with Crippen LogP contribution in [-0.2, 0) is 11.2 Å². The lowest BCUT2D eigenvalue weighted by Crippen LogP contribution is -2.31. The molecule has 4 heteroatoms. The Labute approximate surface area is 102 Å². The first-order chi connectivity index (χ1) is 8.08. The van der Waals surface area contributed by atoms with Crippen LogP contribution >= 0.6 is 0 Å². The number of carbonyl (C=O) groups is 1. The van der Waals surface area contributed by atoms with E-state index in [9.17, 15) is 4.79 Å². The predicted molar refractivity (Wildman–Crippen MR) is 66.2 cm³/mol. The van der Waals surface area contributed by atoms with Crippen LogP contribution in [0.4, 0.5) is 0 Å². The van der Waals surface area contributed by atoms with Crippen LogP contribution < -0.4 is 4.74 Å². The van der Waals surface area contributed by atoms with Gasteiger partial charge < -0.3 is 14.7 Å². The fourth-order valence-electron chi connectivity index (χ4n) is 1.64. The van der Waals surface area contributed by atoms with Gasteiger partial charge in [-0.15, -0.1) is 0 Å². The van der Waals surface area contributed by atoms with Crippen LogP contribution in [0.2, 0.25) is 0 Å². The molecule has 4 nitrogen and oxygen atoms in total. The highest BCUT2D eigenvalue weighted by Gasteiger charge is 2.09. The van der Waals surface area contributed by atoms with Crippen LogP contribution in [0.5, 0.6) is 5.75 Å². The number of amides is 1. The lowest BCUT2D eigenvalue weighted by Gasteiger charge is -2.17. The predicted octanol–water partition coefficient (Wildman–Crippen LogP) is 0.997. The van der Waals surface area contributed by atoms with Crippen molar-refractivity contribution in [3.63, 3.8) is 0 Å². The SMILES string of the molecule is COc1ccc(C)cc1CCN(C)C(=O)CO. The molecule has 1 aromatic carbocycles. The first-order valence-corrected chi connectivity index (χ1v) is 5.56. The van der Waals surface area contributed by atoms with Gasteiger partial charge in [-0.3, -0.25) is 4.79 Å². The summed E-state index contributed by atoms with van der Waals surface area (Å²) in [4.78, 5) is 12.7. The number of hydrogen-bond acceptors (Lipinski definition) is 3. The molecule has 0 aliphatic rings. The summed E-state index contributed by atoms with van der Waals surface area (Å²) < 4.78 is 5.27. The average Bonchev–Trinajstić information content (AvgIpc) is 2.35. The van der Waals surface area contributed by atoms with E-state index in [-0.39, 0.29) is 5.91 Å². The zero-order chi connectivity index (χ0) is 12.8. The van der Waals surface area contributed by atoms with Crippen LogP contribution in [0, 0.1) is 6.92 Å². The minimum Gasteiger partial charge on any atom is -0.496 e. The molecular formula is C13H19NO3. The molecule has 0 unspecified atom stereocenters. The molecule has 0 aromatic heterocycles. The van der Waals surface area contributed by atoms with E-state index in [4.69, 9.17) is 9.84 Å².